The first kappa shape index (κ1) is 21.9. The van der Waals surface area contributed by atoms with Crippen molar-refractivity contribution in [1.82, 2.24) is 5.32 Å². The van der Waals surface area contributed by atoms with E-state index in [1.807, 2.05) is 6.92 Å². The molecule has 2 aromatic rings. The number of benzene rings is 2. The van der Waals surface area contributed by atoms with Crippen LogP contribution >= 0.6 is 0 Å². The molecule has 164 valence electrons. The van der Waals surface area contributed by atoms with Crippen molar-refractivity contribution in [3.05, 3.63) is 94.6 Å². The van der Waals surface area contributed by atoms with Gasteiger partial charge in [-0.25, -0.2) is 8.78 Å². The molecule has 31 heavy (non-hydrogen) atoms. The molecule has 2 atom stereocenters. The summed E-state index contributed by atoms with van der Waals surface area (Å²) in [5.41, 5.74) is 2.70. The molecule has 1 aliphatic carbocycles. The van der Waals surface area contributed by atoms with Gasteiger partial charge in [0, 0.05) is 12.1 Å². The average Bonchev–Trinajstić information content (AvgIpc) is 2.79. The maximum absolute atomic E-state index is 14.2. The lowest BCUT2D eigenvalue weighted by Gasteiger charge is -2.44. The molecule has 2 unspecified atom stereocenters. The van der Waals surface area contributed by atoms with Crippen LogP contribution in [0.4, 0.5) is 8.78 Å². The highest BCUT2D eigenvalue weighted by Crippen LogP contribution is 2.38. The van der Waals surface area contributed by atoms with Crippen LogP contribution in [0.1, 0.15) is 36.0 Å². The Hall–Kier alpha value is -2.34. The quantitative estimate of drug-likeness (QED) is 0.650. The van der Waals surface area contributed by atoms with E-state index < -0.39 is 17.2 Å². The fourth-order valence-corrected chi connectivity index (χ4v) is 4.29. The number of ether oxygens (including phenoxy) is 2. The minimum atomic E-state index is -0.692. The van der Waals surface area contributed by atoms with Gasteiger partial charge in [0.1, 0.15) is 23.3 Å². The molecule has 2 aliphatic rings. The van der Waals surface area contributed by atoms with Gasteiger partial charge >= 0.3 is 0 Å². The molecule has 0 radical (unpaired) electrons. The summed E-state index contributed by atoms with van der Waals surface area (Å²) in [5.74, 6) is -1.19. The van der Waals surface area contributed by atoms with Crippen LogP contribution in [-0.2, 0) is 21.7 Å². The number of rotatable bonds is 7. The van der Waals surface area contributed by atoms with Crippen LogP contribution in [0.5, 0.6) is 0 Å². The van der Waals surface area contributed by atoms with E-state index in [2.05, 4.69) is 47.8 Å². The van der Waals surface area contributed by atoms with Gasteiger partial charge in [-0.05, 0) is 56.0 Å². The number of nitrogens with one attached hydrogen (secondary N) is 1. The minimum Gasteiger partial charge on any atom is -0.369 e. The van der Waals surface area contributed by atoms with Crippen molar-refractivity contribution in [3.8, 4) is 0 Å². The Kier molecular flexibility index (Phi) is 6.96. The van der Waals surface area contributed by atoms with Gasteiger partial charge in [0.2, 0.25) is 0 Å². The van der Waals surface area contributed by atoms with Crippen molar-refractivity contribution in [2.45, 2.75) is 44.5 Å². The second-order valence-corrected chi connectivity index (χ2v) is 8.29. The topological polar surface area (TPSA) is 30.5 Å². The monoisotopic (exact) mass is 425 g/mol. The maximum Gasteiger partial charge on any atom is 0.131 e. The molecule has 0 bridgehead atoms. The highest BCUT2D eigenvalue weighted by Gasteiger charge is 2.44. The summed E-state index contributed by atoms with van der Waals surface area (Å²) in [7, 11) is 0. The summed E-state index contributed by atoms with van der Waals surface area (Å²) >= 11 is 0. The number of aryl methyl sites for hydroxylation is 1. The van der Waals surface area contributed by atoms with Crippen molar-refractivity contribution in [1.29, 1.82) is 0 Å². The predicted molar refractivity (Wildman–Crippen MR) is 118 cm³/mol. The van der Waals surface area contributed by atoms with Crippen molar-refractivity contribution in [2.24, 2.45) is 0 Å². The average molecular weight is 426 g/mol. The van der Waals surface area contributed by atoms with Crippen molar-refractivity contribution in [3.63, 3.8) is 0 Å². The lowest BCUT2D eigenvalue weighted by atomic mass is 9.81. The number of hydrogen-bond donors (Lipinski definition) is 1. The van der Waals surface area contributed by atoms with Crippen LogP contribution in [-0.4, -0.2) is 25.8 Å². The standard InChI is InChI=1S/C26H29F2NO2/c1-19-10-12-21(13-11-19)26(31-17-20-6-3-2-4-7-20)14-15-29-16-25(26)30-18-22-23(27)8-5-9-24(22)28/h2-3,5-6,8-13,25,29H,4,7,14-18H2,1H3. The smallest absolute Gasteiger partial charge is 0.131 e. The van der Waals surface area contributed by atoms with Gasteiger partial charge in [-0.3, -0.25) is 0 Å². The largest absolute Gasteiger partial charge is 0.369 e. The Morgan fingerprint density at radius 1 is 1.06 bits per heavy atom. The molecule has 1 aliphatic heterocycles. The summed E-state index contributed by atoms with van der Waals surface area (Å²) in [6.45, 7) is 3.73. The van der Waals surface area contributed by atoms with E-state index in [1.165, 1.54) is 29.3 Å². The lowest BCUT2D eigenvalue weighted by Crippen LogP contribution is -2.55. The highest BCUT2D eigenvalue weighted by atomic mass is 19.1. The first-order valence-corrected chi connectivity index (χ1v) is 10.9. The number of piperidine rings is 1. The summed E-state index contributed by atoms with van der Waals surface area (Å²) in [6, 6.07) is 12.2. The molecular weight excluding hydrogens is 396 g/mol. The first-order valence-electron chi connectivity index (χ1n) is 10.9. The molecule has 0 spiro atoms. The van der Waals surface area contributed by atoms with Gasteiger partial charge in [-0.2, -0.15) is 0 Å². The predicted octanol–water partition coefficient (Wildman–Crippen LogP) is 5.34. The van der Waals surface area contributed by atoms with Crippen LogP contribution in [0, 0.1) is 18.6 Å². The summed E-state index contributed by atoms with van der Waals surface area (Å²) in [4.78, 5) is 0. The first-order chi connectivity index (χ1) is 15.1. The normalized spacial score (nSPS) is 23.6. The Balaban J connectivity index is 1.62. The zero-order valence-corrected chi connectivity index (χ0v) is 17.9. The van der Waals surface area contributed by atoms with Crippen molar-refractivity contribution < 1.29 is 18.3 Å². The van der Waals surface area contributed by atoms with E-state index in [4.69, 9.17) is 9.47 Å². The molecule has 0 aromatic heterocycles. The molecule has 5 heteroatoms. The SMILES string of the molecule is Cc1ccc(C2(OCC3=CC=CCC3)CCNCC2OCc2c(F)cccc2F)cc1. The summed E-state index contributed by atoms with van der Waals surface area (Å²) in [5, 5.41) is 3.36. The second kappa shape index (κ2) is 9.86. The fourth-order valence-electron chi connectivity index (χ4n) is 4.29. The Morgan fingerprint density at radius 3 is 2.55 bits per heavy atom. The summed E-state index contributed by atoms with van der Waals surface area (Å²) in [6.07, 6.45) is 8.65. The van der Waals surface area contributed by atoms with E-state index >= 15 is 0 Å². The zero-order chi connectivity index (χ0) is 21.7. The fraction of sp³-hybridized carbons (Fsp3) is 0.385. The molecule has 0 saturated carbocycles. The van der Waals surface area contributed by atoms with Crippen LogP contribution < -0.4 is 5.32 Å². The highest BCUT2D eigenvalue weighted by molar-refractivity contribution is 5.30. The van der Waals surface area contributed by atoms with Gasteiger partial charge in [0.25, 0.3) is 0 Å². The molecule has 0 amide bonds. The molecule has 3 nitrogen and oxygen atoms in total. The van der Waals surface area contributed by atoms with Crippen molar-refractivity contribution in [2.75, 3.05) is 19.7 Å². The molecule has 4 rings (SSSR count). The number of halogens is 2. The van der Waals surface area contributed by atoms with Gasteiger partial charge in [-0.1, -0.05) is 54.1 Å². The molecular formula is C26H29F2NO2. The third kappa shape index (κ3) is 4.95. The van der Waals surface area contributed by atoms with Crippen LogP contribution in [0.2, 0.25) is 0 Å². The van der Waals surface area contributed by atoms with E-state index in [1.54, 1.807) is 0 Å². The van der Waals surface area contributed by atoms with Crippen molar-refractivity contribution >= 4 is 0 Å². The van der Waals surface area contributed by atoms with Gasteiger partial charge < -0.3 is 14.8 Å². The maximum atomic E-state index is 14.2. The third-order valence-electron chi connectivity index (χ3n) is 6.17. The third-order valence-corrected chi connectivity index (χ3v) is 6.17. The van der Waals surface area contributed by atoms with E-state index in [9.17, 15) is 8.78 Å². The number of hydrogen-bond acceptors (Lipinski definition) is 3. The second-order valence-electron chi connectivity index (χ2n) is 8.29. The molecule has 1 fully saturated rings. The lowest BCUT2D eigenvalue weighted by molar-refractivity contribution is -0.165. The molecule has 1 saturated heterocycles. The number of allylic oxidation sites excluding steroid dienone is 3. The van der Waals surface area contributed by atoms with E-state index in [0.717, 1.165) is 24.9 Å². The van der Waals surface area contributed by atoms with Crippen LogP contribution in [0.3, 0.4) is 0 Å². The Bertz CT molecular complexity index is 934. The van der Waals surface area contributed by atoms with Gasteiger partial charge in [0.05, 0.1) is 13.2 Å². The minimum absolute atomic E-state index is 0.0500. The zero-order valence-electron chi connectivity index (χ0n) is 17.9. The van der Waals surface area contributed by atoms with Gasteiger partial charge in [-0.15, -0.1) is 0 Å². The van der Waals surface area contributed by atoms with E-state index in [0.29, 0.717) is 19.6 Å². The molecule has 1 heterocycles. The van der Waals surface area contributed by atoms with Crippen LogP contribution in [0.25, 0.3) is 0 Å². The van der Waals surface area contributed by atoms with E-state index in [-0.39, 0.29) is 18.3 Å². The Morgan fingerprint density at radius 2 is 1.84 bits per heavy atom. The van der Waals surface area contributed by atoms with Gasteiger partial charge in [0.15, 0.2) is 0 Å². The molecule has 2 aromatic carbocycles. The van der Waals surface area contributed by atoms with Crippen LogP contribution in [0.15, 0.2) is 66.3 Å². The summed E-state index contributed by atoms with van der Waals surface area (Å²) < 4.78 is 41.2. The molecule has 1 N–H and O–H groups in total. The Labute approximate surface area is 182 Å².